The van der Waals surface area contributed by atoms with Crippen molar-refractivity contribution in [1.29, 1.82) is 5.41 Å². The lowest BCUT2D eigenvalue weighted by Gasteiger charge is -2.11. The van der Waals surface area contributed by atoms with E-state index in [1.54, 1.807) is 18.2 Å². The molecule has 3 N–H and O–H groups in total. The molecule has 0 aliphatic rings. The largest absolute Gasteiger partial charge is 0.368 e. The third kappa shape index (κ3) is 3.54. The minimum absolute atomic E-state index is 0.447. The van der Waals surface area contributed by atoms with E-state index < -0.39 is 11.9 Å². The van der Waals surface area contributed by atoms with E-state index in [1.807, 2.05) is 0 Å². The van der Waals surface area contributed by atoms with Crippen molar-refractivity contribution in [2.75, 3.05) is 0 Å². The fourth-order valence-corrected chi connectivity index (χ4v) is 1.87. The van der Waals surface area contributed by atoms with Gasteiger partial charge in [0, 0.05) is 17.0 Å². The van der Waals surface area contributed by atoms with Crippen LogP contribution < -0.4 is 5.73 Å². The number of hydrazone groups is 1. The Morgan fingerprint density at radius 1 is 1.65 bits per heavy atom. The molecule has 0 saturated carbocycles. The van der Waals surface area contributed by atoms with Crippen LogP contribution in [0, 0.1) is 5.41 Å². The Hall–Kier alpha value is -1.40. The Bertz CT molecular complexity index is 455. The minimum atomic E-state index is -0.447. The molecule has 17 heavy (non-hydrogen) atoms. The molecular weight excluding hydrogens is 307 g/mol. The summed E-state index contributed by atoms with van der Waals surface area (Å²) in [7, 11) is 0. The molecule has 90 valence electrons. The van der Waals surface area contributed by atoms with Crippen LogP contribution >= 0.6 is 27.5 Å². The highest BCUT2D eigenvalue weighted by atomic mass is 79.9. The predicted octanol–water partition coefficient (Wildman–Crippen LogP) is 2.18. The molecular formula is C10H10BrClN4O. The number of halogens is 2. The molecule has 0 aliphatic carbocycles. The molecule has 1 aromatic rings. The monoisotopic (exact) mass is 316 g/mol. The van der Waals surface area contributed by atoms with Crippen molar-refractivity contribution in [3.8, 4) is 0 Å². The van der Waals surface area contributed by atoms with Gasteiger partial charge in [-0.1, -0.05) is 33.6 Å². The lowest BCUT2D eigenvalue weighted by molar-refractivity contribution is -0.125. The van der Waals surface area contributed by atoms with Gasteiger partial charge in [0.25, 0.3) is 0 Å². The SMILES string of the molecule is CC(=O)N(/N=C/c1c(Cl)cccc1Br)C(=N)N. The normalized spacial score (nSPS) is 10.5. The molecule has 1 aromatic carbocycles. The fourth-order valence-electron chi connectivity index (χ4n) is 1.06. The molecule has 0 heterocycles. The first-order chi connectivity index (χ1) is 7.93. The van der Waals surface area contributed by atoms with Crippen molar-refractivity contribution in [1.82, 2.24) is 5.01 Å². The molecule has 0 bridgehead atoms. The van der Waals surface area contributed by atoms with Gasteiger partial charge in [-0.25, -0.2) is 0 Å². The Morgan fingerprint density at radius 2 is 2.29 bits per heavy atom. The lowest BCUT2D eigenvalue weighted by atomic mass is 10.2. The van der Waals surface area contributed by atoms with E-state index in [4.69, 9.17) is 22.7 Å². The van der Waals surface area contributed by atoms with Crippen LogP contribution in [0.2, 0.25) is 5.02 Å². The standard InChI is InChI=1S/C10H10BrClN4O/c1-6(17)16(10(13)14)15-5-7-8(11)3-2-4-9(7)12/h2-5H,1H3,(H3,13,14)/b15-5+. The zero-order valence-corrected chi connectivity index (χ0v) is 11.3. The number of carbonyl (C=O) groups is 1. The van der Waals surface area contributed by atoms with Gasteiger partial charge in [-0.15, -0.1) is 0 Å². The Morgan fingerprint density at radius 3 is 2.76 bits per heavy atom. The van der Waals surface area contributed by atoms with Gasteiger partial charge in [0.05, 0.1) is 11.2 Å². The summed E-state index contributed by atoms with van der Waals surface area (Å²) in [4.78, 5) is 11.1. The molecule has 0 aromatic heterocycles. The van der Waals surface area contributed by atoms with Crippen LogP contribution in [0.25, 0.3) is 0 Å². The number of hydrogen-bond donors (Lipinski definition) is 2. The Kier molecular flexibility index (Phi) is 4.65. The van der Waals surface area contributed by atoms with Gasteiger partial charge in [0.2, 0.25) is 11.9 Å². The number of nitrogens with one attached hydrogen (secondary N) is 1. The highest BCUT2D eigenvalue weighted by Gasteiger charge is 2.10. The van der Waals surface area contributed by atoms with Crippen molar-refractivity contribution in [2.45, 2.75) is 6.92 Å². The molecule has 0 saturated heterocycles. The van der Waals surface area contributed by atoms with Crippen molar-refractivity contribution < 1.29 is 4.79 Å². The molecule has 0 spiro atoms. The van der Waals surface area contributed by atoms with Crippen molar-refractivity contribution in [2.24, 2.45) is 10.8 Å². The van der Waals surface area contributed by atoms with Gasteiger partial charge in [-0.3, -0.25) is 10.2 Å². The number of nitrogens with two attached hydrogens (primary N) is 1. The van der Waals surface area contributed by atoms with E-state index in [9.17, 15) is 4.79 Å². The second-order valence-electron chi connectivity index (χ2n) is 3.10. The fraction of sp³-hybridized carbons (Fsp3) is 0.100. The topological polar surface area (TPSA) is 82.5 Å². The number of nitrogens with zero attached hydrogens (tertiary/aromatic N) is 2. The maximum atomic E-state index is 11.1. The molecule has 0 fully saturated rings. The second kappa shape index (κ2) is 5.79. The second-order valence-corrected chi connectivity index (χ2v) is 4.36. The molecule has 1 rings (SSSR count). The highest BCUT2D eigenvalue weighted by Crippen LogP contribution is 2.22. The van der Waals surface area contributed by atoms with Gasteiger partial charge in [0.1, 0.15) is 0 Å². The molecule has 5 nitrogen and oxygen atoms in total. The van der Waals surface area contributed by atoms with Crippen molar-refractivity contribution in [3.63, 3.8) is 0 Å². The maximum absolute atomic E-state index is 11.1. The van der Waals surface area contributed by atoms with Crippen LogP contribution in [0.15, 0.2) is 27.8 Å². The molecule has 0 aliphatic heterocycles. The number of carbonyl (C=O) groups excluding carboxylic acids is 1. The molecule has 0 radical (unpaired) electrons. The summed E-state index contributed by atoms with van der Waals surface area (Å²) < 4.78 is 0.737. The summed E-state index contributed by atoms with van der Waals surface area (Å²) in [5, 5.41) is 12.2. The third-order valence-electron chi connectivity index (χ3n) is 1.83. The van der Waals surface area contributed by atoms with Crippen molar-refractivity contribution >= 4 is 45.6 Å². The average molecular weight is 318 g/mol. The first-order valence-electron chi connectivity index (χ1n) is 4.56. The number of guanidine groups is 1. The van der Waals surface area contributed by atoms with Crippen LogP contribution in [0.1, 0.15) is 12.5 Å². The first kappa shape index (κ1) is 13.7. The maximum Gasteiger partial charge on any atom is 0.246 e. The summed E-state index contributed by atoms with van der Waals surface area (Å²) in [6.07, 6.45) is 1.37. The Labute approximate surface area is 112 Å². The Balaban J connectivity index is 3.04. The summed E-state index contributed by atoms with van der Waals surface area (Å²) in [6, 6.07) is 5.26. The van der Waals surface area contributed by atoms with Crippen LogP contribution in [-0.2, 0) is 4.79 Å². The average Bonchev–Trinajstić information content (AvgIpc) is 2.21. The number of amides is 1. The van der Waals surface area contributed by atoms with Gasteiger partial charge in [0.15, 0.2) is 0 Å². The molecule has 1 amide bonds. The van der Waals surface area contributed by atoms with Crippen LogP contribution in [0.5, 0.6) is 0 Å². The van der Waals surface area contributed by atoms with Crippen LogP contribution in [0.4, 0.5) is 0 Å². The van der Waals surface area contributed by atoms with E-state index in [-0.39, 0.29) is 0 Å². The summed E-state index contributed by atoms with van der Waals surface area (Å²) in [5.41, 5.74) is 5.82. The van der Waals surface area contributed by atoms with Crippen LogP contribution in [0.3, 0.4) is 0 Å². The highest BCUT2D eigenvalue weighted by molar-refractivity contribution is 9.10. The third-order valence-corrected chi connectivity index (χ3v) is 2.85. The number of hydrogen-bond acceptors (Lipinski definition) is 3. The smallest absolute Gasteiger partial charge is 0.246 e. The first-order valence-corrected chi connectivity index (χ1v) is 5.73. The summed E-state index contributed by atoms with van der Waals surface area (Å²) in [6.45, 7) is 1.26. The van der Waals surface area contributed by atoms with Gasteiger partial charge in [-0.2, -0.15) is 10.1 Å². The molecule has 0 unspecified atom stereocenters. The zero-order chi connectivity index (χ0) is 13.0. The molecule has 7 heteroatoms. The number of benzene rings is 1. The van der Waals surface area contributed by atoms with E-state index in [1.165, 1.54) is 13.1 Å². The molecule has 0 atom stereocenters. The number of rotatable bonds is 2. The van der Waals surface area contributed by atoms with Crippen molar-refractivity contribution in [3.05, 3.63) is 33.3 Å². The van der Waals surface area contributed by atoms with E-state index in [2.05, 4.69) is 21.0 Å². The summed E-state index contributed by atoms with van der Waals surface area (Å²) in [5.74, 6) is -0.895. The summed E-state index contributed by atoms with van der Waals surface area (Å²) >= 11 is 9.27. The van der Waals surface area contributed by atoms with Gasteiger partial charge >= 0.3 is 0 Å². The van der Waals surface area contributed by atoms with E-state index >= 15 is 0 Å². The van der Waals surface area contributed by atoms with Gasteiger partial charge < -0.3 is 5.73 Å². The minimum Gasteiger partial charge on any atom is -0.368 e. The predicted molar refractivity (Wildman–Crippen MR) is 71.2 cm³/mol. The van der Waals surface area contributed by atoms with Gasteiger partial charge in [-0.05, 0) is 12.1 Å². The quantitative estimate of drug-likeness (QED) is 0.498. The zero-order valence-electron chi connectivity index (χ0n) is 8.95. The van der Waals surface area contributed by atoms with E-state index in [0.29, 0.717) is 10.6 Å². The lowest BCUT2D eigenvalue weighted by Crippen LogP contribution is -2.35. The van der Waals surface area contributed by atoms with Crippen LogP contribution in [-0.4, -0.2) is 23.1 Å². The van der Waals surface area contributed by atoms with E-state index in [0.717, 1.165) is 9.48 Å².